The van der Waals surface area contributed by atoms with Crippen molar-refractivity contribution in [3.63, 3.8) is 0 Å². The standard InChI is InChI=1S/C13H19N5/c1-5-6-14-13-16-9(2)7-12(17-13)18-8-15-10(3)11(18)4/h7-8H,5-6H2,1-4H3,(H,14,16,17). The van der Waals surface area contributed by atoms with E-state index in [0.29, 0.717) is 5.95 Å². The van der Waals surface area contributed by atoms with Crippen LogP contribution < -0.4 is 5.32 Å². The minimum Gasteiger partial charge on any atom is -0.354 e. The number of rotatable bonds is 4. The lowest BCUT2D eigenvalue weighted by Gasteiger charge is -2.09. The van der Waals surface area contributed by atoms with Crippen LogP contribution in [0.15, 0.2) is 12.4 Å². The van der Waals surface area contributed by atoms with Crippen molar-refractivity contribution in [2.24, 2.45) is 0 Å². The van der Waals surface area contributed by atoms with Crippen molar-refractivity contribution in [1.29, 1.82) is 0 Å². The van der Waals surface area contributed by atoms with Crippen LogP contribution in [0.1, 0.15) is 30.4 Å². The fraction of sp³-hybridized carbons (Fsp3) is 0.462. The summed E-state index contributed by atoms with van der Waals surface area (Å²) >= 11 is 0. The number of nitrogens with zero attached hydrogens (tertiary/aromatic N) is 4. The topological polar surface area (TPSA) is 55.6 Å². The minimum atomic E-state index is 0.678. The molecule has 0 bridgehead atoms. The summed E-state index contributed by atoms with van der Waals surface area (Å²) in [4.78, 5) is 13.2. The molecule has 1 N–H and O–H groups in total. The summed E-state index contributed by atoms with van der Waals surface area (Å²) in [7, 11) is 0. The van der Waals surface area contributed by atoms with Gasteiger partial charge in [0.15, 0.2) is 0 Å². The van der Waals surface area contributed by atoms with Crippen molar-refractivity contribution in [2.75, 3.05) is 11.9 Å². The highest BCUT2D eigenvalue weighted by atomic mass is 15.2. The van der Waals surface area contributed by atoms with Crippen LogP contribution in [0, 0.1) is 20.8 Å². The van der Waals surface area contributed by atoms with Gasteiger partial charge in [0, 0.05) is 24.0 Å². The smallest absolute Gasteiger partial charge is 0.224 e. The Hall–Kier alpha value is -1.91. The largest absolute Gasteiger partial charge is 0.354 e. The Morgan fingerprint density at radius 1 is 1.22 bits per heavy atom. The highest BCUT2D eigenvalue weighted by molar-refractivity contribution is 5.36. The Labute approximate surface area is 107 Å². The fourth-order valence-corrected chi connectivity index (χ4v) is 1.72. The number of aryl methyl sites for hydroxylation is 2. The summed E-state index contributed by atoms with van der Waals surface area (Å²) in [5.41, 5.74) is 3.08. The van der Waals surface area contributed by atoms with Crippen molar-refractivity contribution in [1.82, 2.24) is 19.5 Å². The zero-order valence-electron chi connectivity index (χ0n) is 11.4. The van der Waals surface area contributed by atoms with Crippen molar-refractivity contribution in [3.8, 4) is 5.82 Å². The molecule has 0 amide bonds. The number of hydrogen-bond donors (Lipinski definition) is 1. The Kier molecular flexibility index (Phi) is 3.60. The number of aromatic nitrogens is 4. The highest BCUT2D eigenvalue weighted by Gasteiger charge is 2.08. The van der Waals surface area contributed by atoms with Gasteiger partial charge in [-0.25, -0.2) is 9.97 Å². The summed E-state index contributed by atoms with van der Waals surface area (Å²) in [5.74, 6) is 1.54. The molecule has 2 heterocycles. The lowest BCUT2D eigenvalue weighted by Crippen LogP contribution is -2.08. The number of nitrogens with one attached hydrogen (secondary N) is 1. The predicted molar refractivity (Wildman–Crippen MR) is 72.1 cm³/mol. The lowest BCUT2D eigenvalue weighted by molar-refractivity contribution is 0.902. The minimum absolute atomic E-state index is 0.678. The average Bonchev–Trinajstić information content (AvgIpc) is 2.67. The molecule has 0 radical (unpaired) electrons. The third-order valence-corrected chi connectivity index (χ3v) is 2.87. The molecule has 0 fully saturated rings. The summed E-state index contributed by atoms with van der Waals surface area (Å²) in [5, 5.41) is 3.22. The monoisotopic (exact) mass is 245 g/mol. The van der Waals surface area contributed by atoms with E-state index in [2.05, 4.69) is 27.2 Å². The van der Waals surface area contributed by atoms with E-state index in [1.807, 2.05) is 31.4 Å². The highest BCUT2D eigenvalue weighted by Crippen LogP contribution is 2.14. The van der Waals surface area contributed by atoms with Gasteiger partial charge in [0.25, 0.3) is 0 Å². The van der Waals surface area contributed by atoms with Crippen molar-refractivity contribution in [3.05, 3.63) is 29.5 Å². The Bertz CT molecular complexity index is 544. The average molecular weight is 245 g/mol. The van der Waals surface area contributed by atoms with Gasteiger partial charge < -0.3 is 5.32 Å². The molecule has 2 rings (SSSR count). The predicted octanol–water partition coefficient (Wildman–Crippen LogP) is 2.41. The molecule has 2 aromatic rings. The molecule has 0 unspecified atom stereocenters. The van der Waals surface area contributed by atoms with E-state index in [-0.39, 0.29) is 0 Å². The lowest BCUT2D eigenvalue weighted by atomic mass is 10.3. The first-order valence-electron chi connectivity index (χ1n) is 6.22. The van der Waals surface area contributed by atoms with Gasteiger partial charge >= 0.3 is 0 Å². The number of imidazole rings is 1. The maximum atomic E-state index is 4.52. The van der Waals surface area contributed by atoms with E-state index in [9.17, 15) is 0 Å². The van der Waals surface area contributed by atoms with Crippen molar-refractivity contribution < 1.29 is 0 Å². The van der Waals surface area contributed by atoms with Crippen LogP contribution in [0.4, 0.5) is 5.95 Å². The van der Waals surface area contributed by atoms with E-state index in [4.69, 9.17) is 0 Å². The van der Waals surface area contributed by atoms with Gasteiger partial charge in [-0.15, -0.1) is 0 Å². The molecule has 0 aromatic carbocycles. The van der Waals surface area contributed by atoms with Gasteiger partial charge in [-0.2, -0.15) is 4.98 Å². The fourth-order valence-electron chi connectivity index (χ4n) is 1.72. The SMILES string of the molecule is CCCNc1nc(C)cc(-n2cnc(C)c2C)n1. The zero-order valence-corrected chi connectivity index (χ0v) is 11.4. The molecule has 0 saturated heterocycles. The van der Waals surface area contributed by atoms with E-state index in [1.54, 1.807) is 6.33 Å². The van der Waals surface area contributed by atoms with Crippen molar-refractivity contribution in [2.45, 2.75) is 34.1 Å². The van der Waals surface area contributed by atoms with Crippen LogP contribution in [0.2, 0.25) is 0 Å². The molecular formula is C13H19N5. The maximum absolute atomic E-state index is 4.52. The molecular weight excluding hydrogens is 226 g/mol. The maximum Gasteiger partial charge on any atom is 0.224 e. The van der Waals surface area contributed by atoms with Gasteiger partial charge in [0.2, 0.25) is 5.95 Å². The normalized spacial score (nSPS) is 10.7. The quantitative estimate of drug-likeness (QED) is 0.898. The Balaban J connectivity index is 2.38. The summed E-state index contributed by atoms with van der Waals surface area (Å²) in [6, 6.07) is 1.96. The van der Waals surface area contributed by atoms with E-state index in [1.165, 1.54) is 0 Å². The molecule has 0 saturated carbocycles. The van der Waals surface area contributed by atoms with Gasteiger partial charge in [0.1, 0.15) is 12.1 Å². The van der Waals surface area contributed by atoms with Gasteiger partial charge in [-0.3, -0.25) is 4.57 Å². The number of anilines is 1. The van der Waals surface area contributed by atoms with Crippen LogP contribution >= 0.6 is 0 Å². The first-order chi connectivity index (χ1) is 8.61. The van der Waals surface area contributed by atoms with Crippen LogP contribution in [-0.4, -0.2) is 26.1 Å². The second-order valence-electron chi connectivity index (χ2n) is 4.40. The van der Waals surface area contributed by atoms with Crippen LogP contribution in [0.25, 0.3) is 5.82 Å². The van der Waals surface area contributed by atoms with Crippen molar-refractivity contribution >= 4 is 5.95 Å². The molecule has 0 aliphatic carbocycles. The Morgan fingerprint density at radius 3 is 2.61 bits per heavy atom. The third kappa shape index (κ3) is 2.50. The van der Waals surface area contributed by atoms with E-state index < -0.39 is 0 Å². The first-order valence-corrected chi connectivity index (χ1v) is 6.22. The van der Waals surface area contributed by atoms with E-state index in [0.717, 1.165) is 35.9 Å². The zero-order chi connectivity index (χ0) is 13.1. The molecule has 0 aliphatic heterocycles. The Morgan fingerprint density at radius 2 is 2.00 bits per heavy atom. The number of hydrogen-bond acceptors (Lipinski definition) is 4. The summed E-state index contributed by atoms with van der Waals surface area (Å²) < 4.78 is 1.99. The molecule has 18 heavy (non-hydrogen) atoms. The van der Waals surface area contributed by atoms with E-state index >= 15 is 0 Å². The second-order valence-corrected chi connectivity index (χ2v) is 4.40. The molecule has 0 spiro atoms. The molecule has 2 aromatic heterocycles. The molecule has 96 valence electrons. The second kappa shape index (κ2) is 5.16. The molecule has 0 atom stereocenters. The van der Waals surface area contributed by atoms with Crippen LogP contribution in [-0.2, 0) is 0 Å². The summed E-state index contributed by atoms with van der Waals surface area (Å²) in [6.45, 7) is 9.01. The molecule has 5 nitrogen and oxygen atoms in total. The first kappa shape index (κ1) is 12.5. The van der Waals surface area contributed by atoms with Gasteiger partial charge in [-0.1, -0.05) is 6.92 Å². The molecule has 5 heteroatoms. The van der Waals surface area contributed by atoms with Gasteiger partial charge in [0.05, 0.1) is 5.69 Å². The molecule has 0 aliphatic rings. The third-order valence-electron chi connectivity index (χ3n) is 2.87. The van der Waals surface area contributed by atoms with Crippen LogP contribution in [0.3, 0.4) is 0 Å². The van der Waals surface area contributed by atoms with Crippen LogP contribution in [0.5, 0.6) is 0 Å². The van der Waals surface area contributed by atoms with Gasteiger partial charge in [-0.05, 0) is 27.2 Å². The summed E-state index contributed by atoms with van der Waals surface area (Å²) in [6.07, 6.45) is 2.85.